The van der Waals surface area contributed by atoms with Gasteiger partial charge < -0.3 is 15.0 Å². The number of non-ortho nitro benzene ring substituents is 1. The number of rotatable bonds is 6. The molecule has 2 aromatic rings. The Labute approximate surface area is 178 Å². The van der Waals surface area contributed by atoms with Gasteiger partial charge in [0.15, 0.2) is 6.61 Å². The Morgan fingerprint density at radius 1 is 1.16 bits per heavy atom. The van der Waals surface area contributed by atoms with Crippen LogP contribution in [0.1, 0.15) is 35.2 Å². The van der Waals surface area contributed by atoms with E-state index in [4.69, 9.17) is 4.74 Å². The van der Waals surface area contributed by atoms with Crippen LogP contribution in [0.3, 0.4) is 0 Å². The highest BCUT2D eigenvalue weighted by Crippen LogP contribution is 2.31. The number of nitro benzene ring substituents is 1. The van der Waals surface area contributed by atoms with E-state index in [2.05, 4.69) is 5.32 Å². The molecule has 0 saturated heterocycles. The molecule has 0 aromatic heterocycles. The summed E-state index contributed by atoms with van der Waals surface area (Å²) < 4.78 is 5.19. The number of hydrogen-bond donors (Lipinski definition) is 1. The molecule has 1 aliphatic heterocycles. The van der Waals surface area contributed by atoms with Crippen LogP contribution in [0.4, 0.5) is 17.1 Å². The molecule has 2 aromatic carbocycles. The maximum atomic E-state index is 12.7. The molecule has 31 heavy (non-hydrogen) atoms. The number of nitrogens with zero attached hydrogens (tertiary/aromatic N) is 2. The molecule has 1 N–H and O–H groups in total. The van der Waals surface area contributed by atoms with Gasteiger partial charge in [-0.05, 0) is 55.5 Å². The topological polar surface area (TPSA) is 119 Å². The van der Waals surface area contributed by atoms with Crippen LogP contribution < -0.4 is 10.2 Å². The van der Waals surface area contributed by atoms with Crippen LogP contribution in [-0.4, -0.2) is 35.9 Å². The summed E-state index contributed by atoms with van der Waals surface area (Å²) >= 11 is 0. The number of esters is 1. The van der Waals surface area contributed by atoms with Crippen LogP contribution in [-0.2, 0) is 20.7 Å². The van der Waals surface area contributed by atoms with E-state index in [0.29, 0.717) is 30.8 Å². The predicted octanol–water partition coefficient (Wildman–Crippen LogP) is 3.08. The van der Waals surface area contributed by atoms with Gasteiger partial charge in [0.1, 0.15) is 0 Å². The largest absolute Gasteiger partial charge is 0.452 e. The molecular weight excluding hydrogens is 402 g/mol. The molecule has 160 valence electrons. The van der Waals surface area contributed by atoms with E-state index < -0.39 is 23.4 Å². The van der Waals surface area contributed by atoms with Crippen molar-refractivity contribution in [2.24, 2.45) is 5.92 Å². The molecule has 1 aliphatic carbocycles. The molecule has 9 nitrogen and oxygen atoms in total. The number of nitro groups is 1. The standard InChI is InChI=1S/C22H21N3O6/c26-20(24-10-2-4-15-12-18(25(29)30)8-9-19(15)24)13-31-22(28)16-3-1-5-17(11-16)23-21(27)14-6-7-14/h1,3,5,8-9,11-12,14H,2,4,6-7,10,13H2,(H,23,27). The number of nitrogens with one attached hydrogen (secondary N) is 1. The van der Waals surface area contributed by atoms with E-state index in [9.17, 15) is 24.5 Å². The molecule has 4 rings (SSSR count). The summed E-state index contributed by atoms with van der Waals surface area (Å²) in [4.78, 5) is 49.0. The van der Waals surface area contributed by atoms with Crippen molar-refractivity contribution in [2.45, 2.75) is 25.7 Å². The molecule has 2 amide bonds. The number of aryl methyl sites for hydroxylation is 1. The second-order valence-corrected chi connectivity index (χ2v) is 7.64. The molecular formula is C22H21N3O6. The van der Waals surface area contributed by atoms with Crippen molar-refractivity contribution >= 4 is 34.8 Å². The average molecular weight is 423 g/mol. The third-order valence-electron chi connectivity index (χ3n) is 5.33. The quantitative estimate of drug-likeness (QED) is 0.433. The Bertz CT molecular complexity index is 1060. The summed E-state index contributed by atoms with van der Waals surface area (Å²) in [6.07, 6.45) is 3.06. The average Bonchev–Trinajstić information content (AvgIpc) is 3.62. The lowest BCUT2D eigenvalue weighted by molar-refractivity contribution is -0.384. The minimum atomic E-state index is -0.670. The third kappa shape index (κ3) is 4.71. The lowest BCUT2D eigenvalue weighted by atomic mass is 10.0. The molecule has 1 saturated carbocycles. The number of hydrogen-bond acceptors (Lipinski definition) is 6. The second kappa shape index (κ2) is 8.55. The first kappa shape index (κ1) is 20.5. The van der Waals surface area contributed by atoms with E-state index in [1.165, 1.54) is 23.1 Å². The zero-order valence-corrected chi connectivity index (χ0v) is 16.7. The second-order valence-electron chi connectivity index (χ2n) is 7.64. The van der Waals surface area contributed by atoms with Crippen molar-refractivity contribution in [1.29, 1.82) is 0 Å². The van der Waals surface area contributed by atoms with Crippen molar-refractivity contribution < 1.29 is 24.0 Å². The van der Waals surface area contributed by atoms with Crippen LogP contribution in [0.2, 0.25) is 0 Å². The molecule has 0 radical (unpaired) electrons. The number of ether oxygens (including phenoxy) is 1. The summed E-state index contributed by atoms with van der Waals surface area (Å²) in [6.45, 7) is -0.00218. The van der Waals surface area contributed by atoms with Gasteiger partial charge in [-0.15, -0.1) is 0 Å². The van der Waals surface area contributed by atoms with Gasteiger partial charge in [0.25, 0.3) is 11.6 Å². The number of benzene rings is 2. The summed E-state index contributed by atoms with van der Waals surface area (Å²) in [6, 6.07) is 10.8. The molecule has 0 unspecified atom stereocenters. The highest BCUT2D eigenvalue weighted by molar-refractivity contribution is 5.99. The Balaban J connectivity index is 1.38. The van der Waals surface area contributed by atoms with Gasteiger partial charge >= 0.3 is 5.97 Å². The number of carbonyl (C=O) groups excluding carboxylic acids is 3. The van der Waals surface area contributed by atoms with Gasteiger partial charge in [-0.2, -0.15) is 0 Å². The van der Waals surface area contributed by atoms with Crippen LogP contribution in [0.25, 0.3) is 0 Å². The first-order chi connectivity index (χ1) is 14.9. The van der Waals surface area contributed by atoms with Crippen LogP contribution in [0.5, 0.6) is 0 Å². The highest BCUT2D eigenvalue weighted by Gasteiger charge is 2.30. The Morgan fingerprint density at radius 3 is 2.71 bits per heavy atom. The van der Waals surface area contributed by atoms with Gasteiger partial charge in [-0.1, -0.05) is 6.07 Å². The van der Waals surface area contributed by atoms with E-state index in [-0.39, 0.29) is 23.1 Å². The smallest absolute Gasteiger partial charge is 0.338 e. The van der Waals surface area contributed by atoms with Crippen molar-refractivity contribution in [1.82, 2.24) is 0 Å². The van der Waals surface area contributed by atoms with E-state index in [1.54, 1.807) is 24.3 Å². The predicted molar refractivity (Wildman–Crippen MR) is 112 cm³/mol. The Hall–Kier alpha value is -3.75. The van der Waals surface area contributed by atoms with Crippen LogP contribution in [0.15, 0.2) is 42.5 Å². The fourth-order valence-electron chi connectivity index (χ4n) is 3.56. The number of anilines is 2. The lowest BCUT2D eigenvalue weighted by Crippen LogP contribution is -2.38. The summed E-state index contributed by atoms with van der Waals surface area (Å²) in [5, 5.41) is 13.7. The SMILES string of the molecule is O=C(OCC(=O)N1CCCc2cc([N+](=O)[O-])ccc21)c1cccc(NC(=O)C2CC2)c1. The molecule has 1 heterocycles. The lowest BCUT2D eigenvalue weighted by Gasteiger charge is -2.29. The zero-order valence-electron chi connectivity index (χ0n) is 16.7. The van der Waals surface area contributed by atoms with Gasteiger partial charge in [0, 0.05) is 36.0 Å². The Morgan fingerprint density at radius 2 is 1.97 bits per heavy atom. The fraction of sp³-hybridized carbons (Fsp3) is 0.318. The zero-order chi connectivity index (χ0) is 22.0. The van der Waals surface area contributed by atoms with E-state index in [0.717, 1.165) is 18.4 Å². The van der Waals surface area contributed by atoms with Gasteiger partial charge in [-0.25, -0.2) is 4.79 Å². The minimum Gasteiger partial charge on any atom is -0.452 e. The number of amides is 2. The Kier molecular flexibility index (Phi) is 5.66. The highest BCUT2D eigenvalue weighted by atomic mass is 16.6. The van der Waals surface area contributed by atoms with E-state index >= 15 is 0 Å². The molecule has 0 bridgehead atoms. The van der Waals surface area contributed by atoms with E-state index in [1.807, 2.05) is 0 Å². The maximum absolute atomic E-state index is 12.7. The molecule has 0 atom stereocenters. The summed E-state index contributed by atoms with van der Waals surface area (Å²) in [5.74, 6) is -1.09. The van der Waals surface area contributed by atoms with Crippen LogP contribution in [0, 0.1) is 16.0 Å². The van der Waals surface area contributed by atoms with Crippen LogP contribution >= 0.6 is 0 Å². The van der Waals surface area contributed by atoms with Crippen molar-refractivity contribution in [3.63, 3.8) is 0 Å². The normalized spacial score (nSPS) is 15.0. The monoisotopic (exact) mass is 423 g/mol. The fourth-order valence-corrected chi connectivity index (χ4v) is 3.56. The summed E-state index contributed by atoms with van der Waals surface area (Å²) in [5.41, 5.74) is 2.04. The van der Waals surface area contributed by atoms with Crippen molar-refractivity contribution in [2.75, 3.05) is 23.4 Å². The third-order valence-corrected chi connectivity index (χ3v) is 5.33. The number of fused-ring (bicyclic) bond motifs is 1. The van der Waals surface area contributed by atoms with Gasteiger partial charge in [0.2, 0.25) is 5.91 Å². The maximum Gasteiger partial charge on any atom is 0.338 e. The molecule has 0 spiro atoms. The summed E-state index contributed by atoms with van der Waals surface area (Å²) in [7, 11) is 0. The van der Waals surface area contributed by atoms with Crippen molar-refractivity contribution in [3.05, 3.63) is 63.7 Å². The van der Waals surface area contributed by atoms with Crippen molar-refractivity contribution in [3.8, 4) is 0 Å². The van der Waals surface area contributed by atoms with Gasteiger partial charge in [-0.3, -0.25) is 19.7 Å². The number of carbonyl (C=O) groups is 3. The minimum absolute atomic E-state index is 0.0202. The first-order valence-electron chi connectivity index (χ1n) is 10.1. The van der Waals surface area contributed by atoms with Gasteiger partial charge in [0.05, 0.1) is 10.5 Å². The first-order valence-corrected chi connectivity index (χ1v) is 10.1. The molecule has 2 aliphatic rings. The molecule has 9 heteroatoms. The molecule has 1 fully saturated rings.